The number of urea groups is 1. The third-order valence-electron chi connectivity index (χ3n) is 4.84. The van der Waals surface area contributed by atoms with Crippen LogP contribution in [0.3, 0.4) is 0 Å². The molecule has 1 saturated carbocycles. The first kappa shape index (κ1) is 16.8. The van der Waals surface area contributed by atoms with E-state index in [0.29, 0.717) is 25.7 Å². The van der Waals surface area contributed by atoms with Crippen molar-refractivity contribution in [2.45, 2.75) is 32.4 Å². The molecule has 2 aromatic carbocycles. The number of fused-ring (bicyclic) bond motifs is 1. The summed E-state index contributed by atoms with van der Waals surface area (Å²) in [5.41, 5.74) is 3.36. The fourth-order valence-electron chi connectivity index (χ4n) is 3.35. The lowest BCUT2D eigenvalue weighted by Gasteiger charge is -2.23. The number of benzene rings is 2. The Kier molecular flexibility index (Phi) is 4.69. The van der Waals surface area contributed by atoms with E-state index in [9.17, 15) is 4.79 Å². The lowest BCUT2D eigenvalue weighted by molar-refractivity contribution is 0.171. The predicted octanol–water partition coefficient (Wildman–Crippen LogP) is 3.72. The molecule has 2 aromatic rings. The molecular weight excluding hydrogens is 328 g/mol. The lowest BCUT2D eigenvalue weighted by Crippen LogP contribution is -2.38. The maximum atomic E-state index is 12.4. The minimum atomic E-state index is -0.140. The van der Waals surface area contributed by atoms with Crippen LogP contribution in [-0.2, 0) is 6.54 Å². The molecule has 0 spiro atoms. The van der Waals surface area contributed by atoms with Crippen LogP contribution in [0.4, 0.5) is 4.79 Å². The summed E-state index contributed by atoms with van der Waals surface area (Å²) in [6, 6.07) is 14.0. The van der Waals surface area contributed by atoms with Crippen LogP contribution in [-0.4, -0.2) is 19.2 Å². The number of rotatable bonds is 5. The fraction of sp³-hybridized carbons (Fsp3) is 0.381. The highest BCUT2D eigenvalue weighted by molar-refractivity contribution is 5.74. The van der Waals surface area contributed by atoms with E-state index < -0.39 is 0 Å². The molecule has 0 radical (unpaired) electrons. The Hall–Kier alpha value is -2.69. The van der Waals surface area contributed by atoms with Gasteiger partial charge in [0.1, 0.15) is 13.2 Å². The summed E-state index contributed by atoms with van der Waals surface area (Å²) in [5, 5.41) is 6.11. The first-order chi connectivity index (χ1) is 12.7. The zero-order valence-corrected chi connectivity index (χ0v) is 15.0. The Labute approximate surface area is 153 Å². The molecule has 4 rings (SSSR count). The van der Waals surface area contributed by atoms with Crippen molar-refractivity contribution >= 4 is 6.03 Å². The van der Waals surface area contributed by atoms with Crippen LogP contribution in [0.25, 0.3) is 0 Å². The monoisotopic (exact) mass is 352 g/mol. The smallest absolute Gasteiger partial charge is 0.315 e. The molecule has 1 aliphatic carbocycles. The highest BCUT2D eigenvalue weighted by Gasteiger charge is 2.34. The van der Waals surface area contributed by atoms with E-state index in [0.717, 1.165) is 35.5 Å². The molecule has 1 heterocycles. The largest absolute Gasteiger partial charge is 0.486 e. The maximum absolute atomic E-state index is 12.4. The average molecular weight is 352 g/mol. The molecule has 2 aliphatic rings. The van der Waals surface area contributed by atoms with Gasteiger partial charge in [-0.3, -0.25) is 0 Å². The topological polar surface area (TPSA) is 59.6 Å². The van der Waals surface area contributed by atoms with Crippen molar-refractivity contribution in [3.05, 3.63) is 59.2 Å². The van der Waals surface area contributed by atoms with Crippen LogP contribution in [0.1, 0.15) is 35.6 Å². The quantitative estimate of drug-likeness (QED) is 0.862. The van der Waals surface area contributed by atoms with Crippen molar-refractivity contribution < 1.29 is 14.3 Å². The zero-order valence-electron chi connectivity index (χ0n) is 15.0. The molecule has 1 fully saturated rings. The second-order valence-electron chi connectivity index (χ2n) is 7.03. The van der Waals surface area contributed by atoms with Gasteiger partial charge in [0.15, 0.2) is 11.5 Å². The molecule has 0 aromatic heterocycles. The van der Waals surface area contributed by atoms with E-state index >= 15 is 0 Å². The van der Waals surface area contributed by atoms with Gasteiger partial charge >= 0.3 is 6.03 Å². The van der Waals surface area contributed by atoms with Gasteiger partial charge in [-0.25, -0.2) is 4.79 Å². The molecule has 136 valence electrons. The second kappa shape index (κ2) is 7.28. The molecule has 1 atom stereocenters. The highest BCUT2D eigenvalue weighted by atomic mass is 16.6. The van der Waals surface area contributed by atoms with Crippen LogP contribution in [0.15, 0.2) is 42.5 Å². The van der Waals surface area contributed by atoms with E-state index in [1.54, 1.807) is 0 Å². The van der Waals surface area contributed by atoms with Crippen LogP contribution < -0.4 is 20.1 Å². The number of nitrogens with one attached hydrogen (secondary N) is 2. The predicted molar refractivity (Wildman–Crippen MR) is 99.4 cm³/mol. The van der Waals surface area contributed by atoms with Crippen molar-refractivity contribution in [2.75, 3.05) is 13.2 Å². The molecule has 5 nitrogen and oxygen atoms in total. The molecule has 2 N–H and O–H groups in total. The van der Waals surface area contributed by atoms with Crippen molar-refractivity contribution in [3.63, 3.8) is 0 Å². The molecule has 2 amide bonds. The number of hydrogen-bond donors (Lipinski definition) is 2. The summed E-state index contributed by atoms with van der Waals surface area (Å²) in [5.74, 6) is 2.03. The van der Waals surface area contributed by atoms with Gasteiger partial charge in [0, 0.05) is 6.54 Å². The third kappa shape index (κ3) is 3.93. The number of carbonyl (C=O) groups excluding carboxylic acids is 1. The Balaban J connectivity index is 1.41. The van der Waals surface area contributed by atoms with Crippen LogP contribution in [0.5, 0.6) is 11.5 Å². The SMILES string of the molecule is Cc1cccc(CNC(=O)NC(c2ccc3c(c2)OCCO3)C2CC2)c1. The van der Waals surface area contributed by atoms with Crippen molar-refractivity contribution in [3.8, 4) is 11.5 Å². The normalized spacial score (nSPS) is 16.7. The zero-order chi connectivity index (χ0) is 17.9. The average Bonchev–Trinajstić information content (AvgIpc) is 3.49. The number of ether oxygens (including phenoxy) is 2. The highest BCUT2D eigenvalue weighted by Crippen LogP contribution is 2.43. The van der Waals surface area contributed by atoms with Crippen LogP contribution in [0, 0.1) is 12.8 Å². The van der Waals surface area contributed by atoms with Crippen LogP contribution >= 0.6 is 0 Å². The Morgan fingerprint density at radius 1 is 1.12 bits per heavy atom. The first-order valence-corrected chi connectivity index (χ1v) is 9.18. The summed E-state index contributed by atoms with van der Waals surface area (Å²) in [7, 11) is 0. The van der Waals surface area contributed by atoms with Gasteiger partial charge in [0.25, 0.3) is 0 Å². The minimum absolute atomic E-state index is 0.00309. The molecule has 1 aliphatic heterocycles. The summed E-state index contributed by atoms with van der Waals surface area (Å²) >= 11 is 0. The Morgan fingerprint density at radius 2 is 1.92 bits per heavy atom. The standard InChI is InChI=1S/C21H24N2O3/c1-14-3-2-4-15(11-14)13-22-21(24)23-20(16-5-6-16)17-7-8-18-19(12-17)26-10-9-25-18/h2-4,7-8,11-12,16,20H,5-6,9-10,13H2,1H3,(H2,22,23,24). The Bertz CT molecular complexity index is 802. The minimum Gasteiger partial charge on any atom is -0.486 e. The molecule has 1 unspecified atom stereocenters. The van der Waals surface area contributed by atoms with Gasteiger partial charge in [-0.15, -0.1) is 0 Å². The number of amides is 2. The molecular formula is C21H24N2O3. The van der Waals surface area contributed by atoms with Gasteiger partial charge in [0.2, 0.25) is 0 Å². The molecule has 0 saturated heterocycles. The van der Waals surface area contributed by atoms with E-state index in [1.807, 2.05) is 30.3 Å². The Morgan fingerprint density at radius 3 is 2.69 bits per heavy atom. The summed E-state index contributed by atoms with van der Waals surface area (Å²) < 4.78 is 11.3. The van der Waals surface area contributed by atoms with Gasteiger partial charge in [-0.1, -0.05) is 35.9 Å². The number of aryl methyl sites for hydroxylation is 1. The van der Waals surface area contributed by atoms with Crippen molar-refractivity contribution in [2.24, 2.45) is 5.92 Å². The van der Waals surface area contributed by atoms with Crippen molar-refractivity contribution in [1.29, 1.82) is 0 Å². The number of carbonyl (C=O) groups is 1. The number of hydrogen-bond acceptors (Lipinski definition) is 3. The first-order valence-electron chi connectivity index (χ1n) is 9.18. The molecule has 0 bridgehead atoms. The van der Waals surface area contributed by atoms with E-state index in [-0.39, 0.29) is 12.1 Å². The van der Waals surface area contributed by atoms with Crippen LogP contribution in [0.2, 0.25) is 0 Å². The van der Waals surface area contributed by atoms with Gasteiger partial charge in [-0.2, -0.15) is 0 Å². The van der Waals surface area contributed by atoms with Gasteiger partial charge < -0.3 is 20.1 Å². The molecule has 26 heavy (non-hydrogen) atoms. The van der Waals surface area contributed by atoms with Crippen molar-refractivity contribution in [1.82, 2.24) is 10.6 Å². The van der Waals surface area contributed by atoms with Gasteiger partial charge in [0.05, 0.1) is 6.04 Å². The van der Waals surface area contributed by atoms with E-state index in [4.69, 9.17) is 9.47 Å². The summed E-state index contributed by atoms with van der Waals surface area (Å²) in [6.07, 6.45) is 2.27. The fourth-order valence-corrected chi connectivity index (χ4v) is 3.35. The third-order valence-corrected chi connectivity index (χ3v) is 4.84. The summed E-state index contributed by atoms with van der Waals surface area (Å²) in [6.45, 7) is 3.72. The molecule has 5 heteroatoms. The van der Waals surface area contributed by atoms with Gasteiger partial charge in [-0.05, 0) is 48.9 Å². The maximum Gasteiger partial charge on any atom is 0.315 e. The van der Waals surface area contributed by atoms with E-state index in [2.05, 4.69) is 29.7 Å². The van der Waals surface area contributed by atoms with E-state index in [1.165, 1.54) is 5.56 Å². The summed E-state index contributed by atoms with van der Waals surface area (Å²) in [4.78, 5) is 12.4. The lowest BCUT2D eigenvalue weighted by atomic mass is 10.0. The second-order valence-corrected chi connectivity index (χ2v) is 7.03.